The molecule has 0 atom stereocenters. The molecule has 0 bridgehead atoms. The molecule has 1 aliphatic rings. The van der Waals surface area contributed by atoms with Crippen molar-refractivity contribution in [2.75, 3.05) is 23.7 Å². The molecule has 0 aliphatic carbocycles. The average molecular weight is 337 g/mol. The summed E-state index contributed by atoms with van der Waals surface area (Å²) in [4.78, 5) is 2.33. The normalized spacial score (nSPS) is 15.8. The Kier molecular flexibility index (Phi) is 4.65. The van der Waals surface area contributed by atoms with E-state index in [0.29, 0.717) is 16.5 Å². The Hall–Kier alpha value is -1.58. The van der Waals surface area contributed by atoms with Crippen LogP contribution in [0.1, 0.15) is 12.8 Å². The molecule has 2 N–H and O–H groups in total. The molecule has 1 heterocycles. The highest BCUT2D eigenvalue weighted by Crippen LogP contribution is 2.30. The van der Waals surface area contributed by atoms with Gasteiger partial charge in [0.1, 0.15) is 11.9 Å². The monoisotopic (exact) mass is 336 g/mol. The molecular formula is C17H18Cl2N2O. The fraction of sp³-hybridized carbons (Fsp3) is 0.294. The first-order chi connectivity index (χ1) is 10.6. The van der Waals surface area contributed by atoms with Gasteiger partial charge in [0.2, 0.25) is 0 Å². The highest BCUT2D eigenvalue weighted by atomic mass is 35.5. The first kappa shape index (κ1) is 15.3. The number of piperidine rings is 1. The quantitative estimate of drug-likeness (QED) is 0.831. The van der Waals surface area contributed by atoms with Crippen molar-refractivity contribution < 1.29 is 4.74 Å². The lowest BCUT2D eigenvalue weighted by Crippen LogP contribution is -2.38. The summed E-state index contributed by atoms with van der Waals surface area (Å²) in [5.41, 5.74) is 7.51. The van der Waals surface area contributed by atoms with Crippen molar-refractivity contribution in [3.63, 3.8) is 0 Å². The van der Waals surface area contributed by atoms with Gasteiger partial charge in [0.25, 0.3) is 0 Å². The molecule has 1 aliphatic heterocycles. The molecule has 5 heteroatoms. The van der Waals surface area contributed by atoms with Gasteiger partial charge in [-0.05, 0) is 36.4 Å². The summed E-state index contributed by atoms with van der Waals surface area (Å²) in [7, 11) is 0. The van der Waals surface area contributed by atoms with Gasteiger partial charge >= 0.3 is 0 Å². The Morgan fingerprint density at radius 2 is 1.82 bits per heavy atom. The molecular weight excluding hydrogens is 319 g/mol. The Morgan fingerprint density at radius 1 is 1.05 bits per heavy atom. The van der Waals surface area contributed by atoms with Crippen LogP contribution in [-0.2, 0) is 0 Å². The average Bonchev–Trinajstić information content (AvgIpc) is 2.51. The van der Waals surface area contributed by atoms with Crippen molar-refractivity contribution in [2.24, 2.45) is 0 Å². The minimum atomic E-state index is 0.177. The second-order valence-corrected chi connectivity index (χ2v) is 6.32. The van der Waals surface area contributed by atoms with E-state index in [2.05, 4.69) is 11.0 Å². The number of nitrogens with two attached hydrogens (primary N) is 1. The number of nitrogens with zero attached hydrogens (tertiary/aromatic N) is 1. The smallest absolute Gasteiger partial charge is 0.138 e. The van der Waals surface area contributed by atoms with Crippen LogP contribution in [0.5, 0.6) is 5.75 Å². The third kappa shape index (κ3) is 3.60. The van der Waals surface area contributed by atoms with Crippen molar-refractivity contribution >= 4 is 34.6 Å². The molecule has 1 fully saturated rings. The second kappa shape index (κ2) is 6.67. The Balaban J connectivity index is 1.60. The van der Waals surface area contributed by atoms with Crippen LogP contribution in [0.2, 0.25) is 10.0 Å². The maximum Gasteiger partial charge on any atom is 0.138 e. The van der Waals surface area contributed by atoms with E-state index in [9.17, 15) is 0 Å². The zero-order chi connectivity index (χ0) is 15.5. The number of halogens is 2. The lowest BCUT2D eigenvalue weighted by molar-refractivity contribution is 0.171. The van der Waals surface area contributed by atoms with Gasteiger partial charge in [0.05, 0.1) is 5.02 Å². The Bertz CT molecular complexity index is 655. The van der Waals surface area contributed by atoms with Crippen LogP contribution in [0.25, 0.3) is 0 Å². The fourth-order valence-electron chi connectivity index (χ4n) is 2.70. The van der Waals surface area contributed by atoms with Crippen LogP contribution in [0.3, 0.4) is 0 Å². The number of hydrogen-bond donors (Lipinski definition) is 1. The highest BCUT2D eigenvalue weighted by molar-refractivity contribution is 6.32. The maximum atomic E-state index is 6.16. The van der Waals surface area contributed by atoms with Crippen LogP contribution < -0.4 is 15.4 Å². The fourth-order valence-corrected chi connectivity index (χ4v) is 3.11. The standard InChI is InChI=1S/C17H18Cl2N2O/c18-12-2-1-3-14(10-12)21-8-6-15(7-9-21)22-17-5-4-13(20)11-16(17)19/h1-5,10-11,15H,6-9,20H2. The van der Waals surface area contributed by atoms with Crippen LogP contribution in [0, 0.1) is 0 Å². The van der Waals surface area contributed by atoms with Crippen LogP contribution in [0.4, 0.5) is 11.4 Å². The van der Waals surface area contributed by atoms with Gasteiger partial charge in [-0.2, -0.15) is 0 Å². The molecule has 22 heavy (non-hydrogen) atoms. The van der Waals surface area contributed by atoms with E-state index in [0.717, 1.165) is 36.6 Å². The molecule has 2 aromatic carbocycles. The largest absolute Gasteiger partial charge is 0.489 e. The van der Waals surface area contributed by atoms with Crippen molar-refractivity contribution in [2.45, 2.75) is 18.9 Å². The predicted octanol–water partition coefficient (Wildman–Crippen LogP) is 4.62. The van der Waals surface area contributed by atoms with Crippen molar-refractivity contribution in [3.05, 3.63) is 52.5 Å². The third-order valence-corrected chi connectivity index (χ3v) is 4.40. The van der Waals surface area contributed by atoms with Gasteiger partial charge in [-0.3, -0.25) is 0 Å². The molecule has 0 aromatic heterocycles. The molecule has 0 unspecified atom stereocenters. The summed E-state index contributed by atoms with van der Waals surface area (Å²) in [6.07, 6.45) is 2.08. The molecule has 2 aromatic rings. The van der Waals surface area contributed by atoms with Crippen molar-refractivity contribution in [3.8, 4) is 5.75 Å². The van der Waals surface area contributed by atoms with E-state index in [1.165, 1.54) is 0 Å². The summed E-state index contributed by atoms with van der Waals surface area (Å²) in [5, 5.41) is 1.34. The van der Waals surface area contributed by atoms with E-state index in [-0.39, 0.29) is 6.10 Å². The van der Waals surface area contributed by atoms with Gasteiger partial charge < -0.3 is 15.4 Å². The summed E-state index contributed by atoms with van der Waals surface area (Å²) < 4.78 is 6.01. The molecule has 0 saturated carbocycles. The minimum Gasteiger partial charge on any atom is -0.489 e. The van der Waals surface area contributed by atoms with E-state index in [1.54, 1.807) is 6.07 Å². The highest BCUT2D eigenvalue weighted by Gasteiger charge is 2.21. The van der Waals surface area contributed by atoms with Crippen LogP contribution in [0.15, 0.2) is 42.5 Å². The summed E-state index contributed by atoms with van der Waals surface area (Å²) in [6, 6.07) is 13.3. The Labute approximate surface area is 140 Å². The minimum absolute atomic E-state index is 0.177. The number of rotatable bonds is 3. The second-order valence-electron chi connectivity index (χ2n) is 5.47. The van der Waals surface area contributed by atoms with Gasteiger partial charge in [0.15, 0.2) is 0 Å². The summed E-state index contributed by atoms with van der Waals surface area (Å²) >= 11 is 12.2. The summed E-state index contributed by atoms with van der Waals surface area (Å²) in [6.45, 7) is 1.88. The molecule has 116 valence electrons. The van der Waals surface area contributed by atoms with Crippen molar-refractivity contribution in [1.29, 1.82) is 0 Å². The lowest BCUT2D eigenvalue weighted by Gasteiger charge is -2.34. The number of anilines is 2. The zero-order valence-corrected chi connectivity index (χ0v) is 13.6. The van der Waals surface area contributed by atoms with Crippen molar-refractivity contribution in [1.82, 2.24) is 0 Å². The molecule has 0 amide bonds. The molecule has 3 nitrogen and oxygen atoms in total. The van der Waals surface area contributed by atoms with E-state index < -0.39 is 0 Å². The summed E-state index contributed by atoms with van der Waals surface area (Å²) in [5.74, 6) is 0.706. The number of benzene rings is 2. The van der Waals surface area contributed by atoms with Gasteiger partial charge in [0, 0.05) is 42.3 Å². The van der Waals surface area contributed by atoms with Gasteiger partial charge in [-0.25, -0.2) is 0 Å². The van der Waals surface area contributed by atoms with Crippen LogP contribution in [-0.4, -0.2) is 19.2 Å². The number of ether oxygens (including phenoxy) is 1. The SMILES string of the molecule is Nc1ccc(OC2CCN(c3cccc(Cl)c3)CC2)c(Cl)c1. The predicted molar refractivity (Wildman–Crippen MR) is 93.2 cm³/mol. The molecule has 1 saturated heterocycles. The molecule has 3 rings (SSSR count). The van der Waals surface area contributed by atoms with Gasteiger partial charge in [-0.1, -0.05) is 29.3 Å². The third-order valence-electron chi connectivity index (χ3n) is 3.86. The molecule has 0 spiro atoms. The first-order valence-electron chi connectivity index (χ1n) is 7.34. The topological polar surface area (TPSA) is 38.5 Å². The number of nitrogen functional groups attached to an aromatic ring is 1. The number of hydrogen-bond acceptors (Lipinski definition) is 3. The maximum absolute atomic E-state index is 6.16. The van der Waals surface area contributed by atoms with E-state index in [1.807, 2.05) is 30.3 Å². The lowest BCUT2D eigenvalue weighted by atomic mass is 10.1. The van der Waals surface area contributed by atoms with E-state index >= 15 is 0 Å². The zero-order valence-electron chi connectivity index (χ0n) is 12.1. The van der Waals surface area contributed by atoms with Gasteiger partial charge in [-0.15, -0.1) is 0 Å². The van der Waals surface area contributed by atoms with E-state index in [4.69, 9.17) is 33.7 Å². The first-order valence-corrected chi connectivity index (χ1v) is 8.09. The Morgan fingerprint density at radius 3 is 2.50 bits per heavy atom. The van der Waals surface area contributed by atoms with Crippen LogP contribution >= 0.6 is 23.2 Å². The molecule has 0 radical (unpaired) electrons.